The highest BCUT2D eigenvalue weighted by Gasteiger charge is 2.41. The zero-order chi connectivity index (χ0) is 24.4. The average Bonchev–Trinajstić information content (AvgIpc) is 3.23. The maximum atomic E-state index is 13.3. The summed E-state index contributed by atoms with van der Waals surface area (Å²) in [4.78, 5) is 52.3. The van der Waals surface area contributed by atoms with Gasteiger partial charge in [0, 0.05) is 43.9 Å². The molecule has 5 rings (SSSR count). The van der Waals surface area contributed by atoms with E-state index >= 15 is 0 Å². The van der Waals surface area contributed by atoms with Crippen LogP contribution in [-0.2, 0) is 14.4 Å². The van der Waals surface area contributed by atoms with Gasteiger partial charge in [-0.1, -0.05) is 42.1 Å². The van der Waals surface area contributed by atoms with E-state index in [-0.39, 0.29) is 24.0 Å². The van der Waals surface area contributed by atoms with Crippen LogP contribution >= 0.6 is 11.8 Å². The number of aliphatic imine (C=N–C) groups is 2. The quantitative estimate of drug-likeness (QED) is 0.666. The van der Waals surface area contributed by atoms with Crippen LogP contribution < -0.4 is 10.6 Å². The molecule has 3 amide bonds. The van der Waals surface area contributed by atoms with Gasteiger partial charge in [-0.15, -0.1) is 0 Å². The minimum absolute atomic E-state index is 0.0101. The summed E-state index contributed by atoms with van der Waals surface area (Å²) in [7, 11) is 0. The summed E-state index contributed by atoms with van der Waals surface area (Å²) in [5.41, 5.74) is 7.92. The third-order valence-electron chi connectivity index (χ3n) is 6.28. The van der Waals surface area contributed by atoms with Gasteiger partial charge in [-0.2, -0.15) is 0 Å². The van der Waals surface area contributed by atoms with Gasteiger partial charge in [-0.05, 0) is 30.7 Å². The lowest BCUT2D eigenvalue weighted by Gasteiger charge is -2.36. The van der Waals surface area contributed by atoms with Crippen molar-refractivity contribution in [1.82, 2.24) is 9.80 Å². The van der Waals surface area contributed by atoms with Crippen LogP contribution in [-0.4, -0.2) is 76.5 Å². The SMILES string of the molecule is NC(=O)CSC1=Nc2ccccc2C2=NC(CCC(=O)N3CCN(c4ccccc4)CC3)C(=O)N12. The predicted octanol–water partition coefficient (Wildman–Crippen LogP) is 1.99. The molecule has 2 aromatic carbocycles. The summed E-state index contributed by atoms with van der Waals surface area (Å²) in [5.74, 6) is -0.159. The monoisotopic (exact) mass is 490 g/mol. The van der Waals surface area contributed by atoms with Crippen molar-refractivity contribution in [3.63, 3.8) is 0 Å². The second kappa shape index (κ2) is 9.91. The average molecular weight is 491 g/mol. The highest BCUT2D eigenvalue weighted by Crippen LogP contribution is 2.34. The molecule has 0 radical (unpaired) electrons. The van der Waals surface area contributed by atoms with E-state index in [9.17, 15) is 14.4 Å². The number of hydrogen-bond donors (Lipinski definition) is 1. The Morgan fingerprint density at radius 3 is 2.46 bits per heavy atom. The van der Waals surface area contributed by atoms with Gasteiger partial charge in [0.05, 0.1) is 11.4 Å². The van der Waals surface area contributed by atoms with Crippen LogP contribution in [0.15, 0.2) is 64.6 Å². The van der Waals surface area contributed by atoms with Crippen LogP contribution in [0, 0.1) is 0 Å². The van der Waals surface area contributed by atoms with Gasteiger partial charge in [0.1, 0.15) is 11.9 Å². The van der Waals surface area contributed by atoms with E-state index in [1.54, 1.807) is 0 Å². The number of para-hydroxylation sites is 2. The predicted molar refractivity (Wildman–Crippen MR) is 137 cm³/mol. The normalized spacial score (nSPS) is 19.1. The summed E-state index contributed by atoms with van der Waals surface area (Å²) >= 11 is 1.12. The van der Waals surface area contributed by atoms with Gasteiger partial charge in [0.25, 0.3) is 5.91 Å². The summed E-state index contributed by atoms with van der Waals surface area (Å²) < 4.78 is 0. The van der Waals surface area contributed by atoms with Crippen LogP contribution in [0.5, 0.6) is 0 Å². The fourth-order valence-electron chi connectivity index (χ4n) is 4.49. The highest BCUT2D eigenvalue weighted by molar-refractivity contribution is 8.14. The molecule has 180 valence electrons. The largest absolute Gasteiger partial charge is 0.369 e. The number of hydrogen-bond acceptors (Lipinski definition) is 7. The van der Waals surface area contributed by atoms with Crippen LogP contribution in [0.3, 0.4) is 0 Å². The Morgan fingerprint density at radius 2 is 1.71 bits per heavy atom. The number of amidine groups is 2. The molecule has 1 unspecified atom stereocenters. The number of fused-ring (bicyclic) bond motifs is 3. The summed E-state index contributed by atoms with van der Waals surface area (Å²) in [5, 5.41) is 0.386. The van der Waals surface area contributed by atoms with Crippen LogP contribution in [0.2, 0.25) is 0 Å². The maximum absolute atomic E-state index is 13.3. The first-order valence-electron chi connectivity index (χ1n) is 11.6. The lowest BCUT2D eigenvalue weighted by molar-refractivity contribution is -0.132. The molecule has 3 heterocycles. The number of rotatable bonds is 6. The number of nitrogens with two attached hydrogens (primary N) is 1. The molecule has 2 N–H and O–H groups in total. The third-order valence-corrected chi connectivity index (χ3v) is 7.24. The van der Waals surface area contributed by atoms with Crippen molar-refractivity contribution in [2.45, 2.75) is 18.9 Å². The Morgan fingerprint density at radius 1 is 1.00 bits per heavy atom. The Balaban J connectivity index is 1.23. The fourth-order valence-corrected chi connectivity index (χ4v) is 5.23. The van der Waals surface area contributed by atoms with Gasteiger partial charge in [-0.25, -0.2) is 9.89 Å². The van der Waals surface area contributed by atoms with Crippen molar-refractivity contribution in [2.75, 3.05) is 36.8 Å². The molecule has 0 saturated carbocycles. The van der Waals surface area contributed by atoms with Crippen molar-refractivity contribution in [3.8, 4) is 0 Å². The van der Waals surface area contributed by atoms with E-state index in [0.29, 0.717) is 36.2 Å². The molecule has 10 heteroatoms. The molecule has 1 saturated heterocycles. The topological polar surface area (TPSA) is 112 Å². The molecule has 2 aromatic rings. The van der Waals surface area contributed by atoms with E-state index in [4.69, 9.17) is 5.73 Å². The molecule has 35 heavy (non-hydrogen) atoms. The van der Waals surface area contributed by atoms with Crippen molar-refractivity contribution in [2.24, 2.45) is 15.7 Å². The summed E-state index contributed by atoms with van der Waals surface area (Å²) in [6.45, 7) is 2.87. The first kappa shape index (κ1) is 23.1. The number of anilines is 1. The molecule has 3 aliphatic heterocycles. The number of thioether (sulfide) groups is 1. The lowest BCUT2D eigenvalue weighted by atomic mass is 10.1. The first-order valence-corrected chi connectivity index (χ1v) is 12.6. The Labute approximate surface area is 207 Å². The number of benzene rings is 2. The molecular formula is C25H26N6O3S. The summed E-state index contributed by atoms with van der Waals surface area (Å²) in [6, 6.07) is 17.0. The zero-order valence-corrected chi connectivity index (χ0v) is 20.0. The third kappa shape index (κ3) is 4.79. The molecule has 0 spiro atoms. The molecule has 0 bridgehead atoms. The molecule has 0 aromatic heterocycles. The van der Waals surface area contributed by atoms with Gasteiger partial charge in [0.15, 0.2) is 5.17 Å². The minimum atomic E-state index is -0.662. The summed E-state index contributed by atoms with van der Waals surface area (Å²) in [6.07, 6.45) is 0.571. The smallest absolute Gasteiger partial charge is 0.259 e. The van der Waals surface area contributed by atoms with Crippen molar-refractivity contribution >= 4 is 51.9 Å². The maximum Gasteiger partial charge on any atom is 0.259 e. The van der Waals surface area contributed by atoms with Crippen molar-refractivity contribution in [1.29, 1.82) is 0 Å². The standard InChI is InChI=1S/C25H26N6O3S/c26-21(32)16-35-25-28-19-9-5-4-8-18(19)23-27-20(24(34)31(23)25)10-11-22(33)30-14-12-29(13-15-30)17-6-2-1-3-7-17/h1-9,20H,10-16H2,(H2,26,32). The van der Waals surface area contributed by atoms with Crippen LogP contribution in [0.1, 0.15) is 18.4 Å². The van der Waals surface area contributed by atoms with Gasteiger partial charge >= 0.3 is 0 Å². The lowest BCUT2D eigenvalue weighted by Crippen LogP contribution is -2.49. The zero-order valence-electron chi connectivity index (χ0n) is 19.2. The second-order valence-electron chi connectivity index (χ2n) is 8.55. The molecule has 9 nitrogen and oxygen atoms in total. The molecular weight excluding hydrogens is 464 g/mol. The molecule has 1 atom stereocenters. The molecule has 1 fully saturated rings. The molecule has 0 aliphatic carbocycles. The van der Waals surface area contributed by atoms with Crippen LogP contribution in [0.25, 0.3) is 0 Å². The van der Waals surface area contributed by atoms with Gasteiger partial charge in [-0.3, -0.25) is 19.4 Å². The van der Waals surface area contributed by atoms with E-state index in [2.05, 4.69) is 27.0 Å². The Kier molecular flexibility index (Phi) is 6.54. The fraction of sp³-hybridized carbons (Fsp3) is 0.320. The van der Waals surface area contributed by atoms with E-state index < -0.39 is 11.9 Å². The van der Waals surface area contributed by atoms with E-state index in [0.717, 1.165) is 36.1 Å². The number of amides is 3. The van der Waals surface area contributed by atoms with Gasteiger partial charge in [0.2, 0.25) is 11.8 Å². The van der Waals surface area contributed by atoms with Crippen molar-refractivity contribution < 1.29 is 14.4 Å². The second-order valence-corrected chi connectivity index (χ2v) is 9.49. The Hall–Kier alpha value is -3.66. The Bertz CT molecular complexity index is 1210. The number of carbonyl (C=O) groups excluding carboxylic acids is 3. The number of carbonyl (C=O) groups is 3. The number of nitrogens with zero attached hydrogens (tertiary/aromatic N) is 5. The highest BCUT2D eigenvalue weighted by atomic mass is 32.2. The molecule has 3 aliphatic rings. The number of piperazine rings is 1. The van der Waals surface area contributed by atoms with E-state index in [1.165, 1.54) is 4.90 Å². The number of primary amides is 1. The van der Waals surface area contributed by atoms with Gasteiger partial charge < -0.3 is 15.5 Å². The minimum Gasteiger partial charge on any atom is -0.369 e. The van der Waals surface area contributed by atoms with Crippen LogP contribution in [0.4, 0.5) is 11.4 Å². The van der Waals surface area contributed by atoms with E-state index in [1.807, 2.05) is 47.4 Å². The van der Waals surface area contributed by atoms with Crippen molar-refractivity contribution in [3.05, 3.63) is 60.2 Å². The first-order chi connectivity index (χ1) is 17.0.